The van der Waals surface area contributed by atoms with Crippen molar-refractivity contribution in [2.24, 2.45) is 0 Å². The van der Waals surface area contributed by atoms with Crippen LogP contribution in [0, 0.1) is 6.92 Å². The summed E-state index contributed by atoms with van der Waals surface area (Å²) in [5.74, 6) is 0.988. The van der Waals surface area contributed by atoms with Gasteiger partial charge in [0.1, 0.15) is 5.82 Å². The number of aryl methyl sites for hydroxylation is 1. The minimum Gasteiger partial charge on any atom is -0.345 e. The number of hydrogen-bond donors (Lipinski definition) is 2. The van der Waals surface area contributed by atoms with E-state index >= 15 is 0 Å². The second-order valence-electron chi connectivity index (χ2n) is 3.79. The third-order valence-electron chi connectivity index (χ3n) is 2.40. The third kappa shape index (κ3) is 2.08. The molecule has 1 aromatic rings. The minimum absolute atomic E-state index is 0.661. The van der Waals surface area contributed by atoms with Gasteiger partial charge < -0.3 is 15.2 Å². The molecule has 0 aliphatic carbocycles. The van der Waals surface area contributed by atoms with Gasteiger partial charge in [-0.3, -0.25) is 0 Å². The Balaban J connectivity index is 1.74. The van der Waals surface area contributed by atoms with E-state index in [9.17, 15) is 0 Å². The van der Waals surface area contributed by atoms with Crippen LogP contribution >= 0.6 is 0 Å². The molecular weight excluding hydrogens is 164 g/mol. The van der Waals surface area contributed by atoms with Gasteiger partial charge in [-0.2, -0.15) is 0 Å². The number of likely N-dealkylation sites (N-methyl/N-ethyl adjacent to an activating group) is 1. The zero-order chi connectivity index (χ0) is 9.26. The van der Waals surface area contributed by atoms with Crippen LogP contribution in [-0.2, 0) is 6.54 Å². The molecular formula is C9H16N4. The van der Waals surface area contributed by atoms with Crippen molar-refractivity contribution >= 4 is 0 Å². The summed E-state index contributed by atoms with van der Waals surface area (Å²) >= 11 is 0. The molecule has 0 aromatic carbocycles. The Kier molecular flexibility index (Phi) is 2.33. The van der Waals surface area contributed by atoms with Gasteiger partial charge in [0.25, 0.3) is 0 Å². The lowest BCUT2D eigenvalue weighted by Gasteiger charge is -2.36. The predicted molar refractivity (Wildman–Crippen MR) is 51.4 cm³/mol. The fourth-order valence-corrected chi connectivity index (χ4v) is 1.64. The predicted octanol–water partition coefficient (Wildman–Crippen LogP) is 0.122. The second kappa shape index (κ2) is 3.47. The van der Waals surface area contributed by atoms with Crippen LogP contribution < -0.4 is 5.32 Å². The largest absolute Gasteiger partial charge is 0.345 e. The van der Waals surface area contributed by atoms with E-state index in [1.807, 2.05) is 13.1 Å². The van der Waals surface area contributed by atoms with Gasteiger partial charge in [-0.25, -0.2) is 4.98 Å². The van der Waals surface area contributed by atoms with Gasteiger partial charge >= 0.3 is 0 Å². The maximum absolute atomic E-state index is 4.15. The summed E-state index contributed by atoms with van der Waals surface area (Å²) in [4.78, 5) is 9.65. The van der Waals surface area contributed by atoms with Crippen molar-refractivity contribution in [2.45, 2.75) is 19.5 Å². The number of imidazole rings is 1. The summed E-state index contributed by atoms with van der Waals surface area (Å²) in [7, 11) is 2.14. The number of likely N-dealkylation sites (tertiary alicyclic amines) is 1. The summed E-state index contributed by atoms with van der Waals surface area (Å²) in [6, 6.07) is 0.661. The van der Waals surface area contributed by atoms with Gasteiger partial charge in [0.05, 0.1) is 0 Å². The Morgan fingerprint density at radius 1 is 1.69 bits per heavy atom. The quantitative estimate of drug-likeness (QED) is 0.694. The van der Waals surface area contributed by atoms with Crippen molar-refractivity contribution in [3.8, 4) is 0 Å². The van der Waals surface area contributed by atoms with Gasteiger partial charge in [0.2, 0.25) is 0 Å². The molecule has 0 amide bonds. The molecule has 2 rings (SSSR count). The number of hydrogen-bond acceptors (Lipinski definition) is 3. The molecule has 2 N–H and O–H groups in total. The lowest BCUT2D eigenvalue weighted by molar-refractivity contribution is 0.160. The van der Waals surface area contributed by atoms with Crippen LogP contribution in [0.15, 0.2) is 6.20 Å². The van der Waals surface area contributed by atoms with E-state index in [1.165, 1.54) is 5.69 Å². The third-order valence-corrected chi connectivity index (χ3v) is 2.40. The average molecular weight is 180 g/mol. The van der Waals surface area contributed by atoms with Crippen molar-refractivity contribution < 1.29 is 0 Å². The van der Waals surface area contributed by atoms with Crippen molar-refractivity contribution in [3.63, 3.8) is 0 Å². The number of rotatable bonds is 3. The highest BCUT2D eigenvalue weighted by Gasteiger charge is 2.21. The molecule has 0 bridgehead atoms. The molecule has 1 aliphatic heterocycles. The van der Waals surface area contributed by atoms with Gasteiger partial charge in [0, 0.05) is 37.6 Å². The Morgan fingerprint density at radius 2 is 2.46 bits per heavy atom. The van der Waals surface area contributed by atoms with Gasteiger partial charge in [-0.1, -0.05) is 0 Å². The van der Waals surface area contributed by atoms with E-state index in [2.05, 4.69) is 27.2 Å². The highest BCUT2D eigenvalue weighted by molar-refractivity contribution is 5.00. The highest BCUT2D eigenvalue weighted by atomic mass is 15.2. The Morgan fingerprint density at radius 3 is 3.00 bits per heavy atom. The van der Waals surface area contributed by atoms with Crippen molar-refractivity contribution in [1.29, 1.82) is 0 Å². The molecule has 0 unspecified atom stereocenters. The number of nitrogens with zero attached hydrogens (tertiary/aromatic N) is 2. The maximum atomic E-state index is 4.15. The van der Waals surface area contributed by atoms with Crippen LogP contribution in [0.1, 0.15) is 11.5 Å². The molecule has 4 heteroatoms. The van der Waals surface area contributed by atoms with E-state index in [4.69, 9.17) is 0 Å². The van der Waals surface area contributed by atoms with Crippen LogP contribution in [0.2, 0.25) is 0 Å². The summed E-state index contributed by atoms with van der Waals surface area (Å²) in [5, 5.41) is 3.47. The maximum Gasteiger partial charge on any atom is 0.103 e. The van der Waals surface area contributed by atoms with E-state index in [0.717, 1.165) is 25.5 Å². The highest BCUT2D eigenvalue weighted by Crippen LogP contribution is 2.04. The van der Waals surface area contributed by atoms with Gasteiger partial charge in [-0.15, -0.1) is 0 Å². The second-order valence-corrected chi connectivity index (χ2v) is 3.79. The van der Waals surface area contributed by atoms with E-state index in [0.29, 0.717) is 6.04 Å². The number of nitrogens with one attached hydrogen (secondary N) is 2. The van der Waals surface area contributed by atoms with Crippen molar-refractivity contribution in [1.82, 2.24) is 20.2 Å². The molecule has 4 nitrogen and oxygen atoms in total. The number of aromatic nitrogens is 2. The van der Waals surface area contributed by atoms with E-state index in [1.54, 1.807) is 0 Å². The van der Waals surface area contributed by atoms with Gasteiger partial charge in [0.15, 0.2) is 0 Å². The fourth-order valence-electron chi connectivity index (χ4n) is 1.64. The Labute approximate surface area is 78.4 Å². The monoisotopic (exact) mass is 180 g/mol. The fraction of sp³-hybridized carbons (Fsp3) is 0.667. The summed E-state index contributed by atoms with van der Waals surface area (Å²) in [6.45, 7) is 5.19. The van der Waals surface area contributed by atoms with Crippen LogP contribution in [-0.4, -0.2) is 41.0 Å². The minimum atomic E-state index is 0.661. The molecule has 2 heterocycles. The normalized spacial score (nSPS) is 18.9. The van der Waals surface area contributed by atoms with E-state index < -0.39 is 0 Å². The standard InChI is InChI=1S/C9H16N4/c1-7-10-3-8(12-7)4-11-9-5-13(2)6-9/h3,9,11H,4-6H2,1-2H3,(H,10,12). The van der Waals surface area contributed by atoms with Crippen LogP contribution in [0.4, 0.5) is 0 Å². The molecule has 13 heavy (non-hydrogen) atoms. The number of H-pyrrole nitrogens is 1. The molecule has 1 fully saturated rings. The summed E-state index contributed by atoms with van der Waals surface area (Å²) < 4.78 is 0. The number of aromatic amines is 1. The first kappa shape index (κ1) is 8.72. The van der Waals surface area contributed by atoms with Crippen LogP contribution in [0.3, 0.4) is 0 Å². The Bertz CT molecular complexity index is 275. The first-order valence-electron chi connectivity index (χ1n) is 4.66. The lowest BCUT2D eigenvalue weighted by atomic mass is 10.1. The van der Waals surface area contributed by atoms with Crippen molar-refractivity contribution in [3.05, 3.63) is 17.7 Å². The zero-order valence-electron chi connectivity index (χ0n) is 8.17. The molecule has 0 radical (unpaired) electrons. The molecule has 0 saturated carbocycles. The van der Waals surface area contributed by atoms with Crippen LogP contribution in [0.25, 0.3) is 0 Å². The Hall–Kier alpha value is -0.870. The van der Waals surface area contributed by atoms with E-state index in [-0.39, 0.29) is 0 Å². The SMILES string of the molecule is Cc1ncc(CNC2CN(C)C2)[nH]1. The molecule has 72 valence electrons. The smallest absolute Gasteiger partial charge is 0.103 e. The zero-order valence-corrected chi connectivity index (χ0v) is 8.17. The molecule has 0 atom stereocenters. The first-order valence-corrected chi connectivity index (χ1v) is 4.66. The lowest BCUT2D eigenvalue weighted by Crippen LogP contribution is -2.55. The van der Waals surface area contributed by atoms with Crippen LogP contribution in [0.5, 0.6) is 0 Å². The van der Waals surface area contributed by atoms with Crippen molar-refractivity contribution in [2.75, 3.05) is 20.1 Å². The molecule has 1 aliphatic rings. The average Bonchev–Trinajstić information content (AvgIpc) is 2.43. The summed E-state index contributed by atoms with van der Waals surface area (Å²) in [6.07, 6.45) is 1.89. The molecule has 0 spiro atoms. The van der Waals surface area contributed by atoms with Gasteiger partial charge in [-0.05, 0) is 14.0 Å². The first-order chi connectivity index (χ1) is 6.24. The topological polar surface area (TPSA) is 44.0 Å². The summed E-state index contributed by atoms with van der Waals surface area (Å²) in [5.41, 5.74) is 1.17. The molecule has 1 saturated heterocycles. The molecule has 1 aromatic heterocycles.